The minimum atomic E-state index is 0.505. The summed E-state index contributed by atoms with van der Waals surface area (Å²) in [6.45, 7) is 2.38. The van der Waals surface area contributed by atoms with E-state index in [1.807, 2.05) is 0 Å². The van der Waals surface area contributed by atoms with Gasteiger partial charge in [-0.15, -0.1) is 0 Å². The van der Waals surface area contributed by atoms with Gasteiger partial charge in [0.1, 0.15) is 5.78 Å². The fraction of sp³-hybridized carbons (Fsp3) is 0.923. The highest BCUT2D eigenvalue weighted by Crippen LogP contribution is 2.38. The van der Waals surface area contributed by atoms with Crippen molar-refractivity contribution < 1.29 is 4.79 Å². The van der Waals surface area contributed by atoms with Crippen LogP contribution >= 0.6 is 0 Å². The van der Waals surface area contributed by atoms with Crippen LogP contribution in [0.15, 0.2) is 0 Å². The average molecular weight is 194 g/mol. The zero-order valence-corrected chi connectivity index (χ0v) is 9.30. The molecule has 0 heterocycles. The maximum absolute atomic E-state index is 11.1. The van der Waals surface area contributed by atoms with Crippen LogP contribution < -0.4 is 0 Å². The van der Waals surface area contributed by atoms with Crippen LogP contribution in [-0.2, 0) is 4.79 Å². The Morgan fingerprint density at radius 3 is 1.93 bits per heavy atom. The number of carbonyl (C=O) groups excluding carboxylic acids is 1. The molecule has 2 aliphatic carbocycles. The maximum Gasteiger partial charge on any atom is 0.132 e. The molecule has 1 nitrogen and oxygen atoms in total. The van der Waals surface area contributed by atoms with Gasteiger partial charge in [-0.05, 0) is 43.4 Å². The lowest BCUT2D eigenvalue weighted by molar-refractivity contribution is -0.121. The molecule has 0 aromatic rings. The molecule has 0 N–H and O–H groups in total. The van der Waals surface area contributed by atoms with E-state index in [2.05, 4.69) is 6.92 Å². The molecule has 2 fully saturated rings. The van der Waals surface area contributed by atoms with Crippen molar-refractivity contribution in [3.8, 4) is 0 Å². The van der Waals surface area contributed by atoms with E-state index in [1.165, 1.54) is 38.5 Å². The molecular weight excluding hydrogens is 172 g/mol. The average Bonchev–Trinajstić information content (AvgIpc) is 2.21. The van der Waals surface area contributed by atoms with E-state index in [0.29, 0.717) is 5.78 Å². The van der Waals surface area contributed by atoms with Crippen molar-refractivity contribution in [2.75, 3.05) is 0 Å². The van der Waals surface area contributed by atoms with Gasteiger partial charge in [-0.3, -0.25) is 4.79 Å². The molecule has 0 bridgehead atoms. The molecule has 0 unspecified atom stereocenters. The van der Waals surface area contributed by atoms with Gasteiger partial charge in [-0.2, -0.15) is 0 Å². The number of hydrogen-bond acceptors (Lipinski definition) is 1. The lowest BCUT2D eigenvalue weighted by Crippen LogP contribution is -2.25. The Hall–Kier alpha value is -0.330. The van der Waals surface area contributed by atoms with Gasteiger partial charge in [0, 0.05) is 12.8 Å². The van der Waals surface area contributed by atoms with Crippen LogP contribution in [0.5, 0.6) is 0 Å². The van der Waals surface area contributed by atoms with E-state index in [0.717, 1.165) is 30.6 Å². The molecule has 0 radical (unpaired) electrons. The third kappa shape index (κ3) is 2.37. The first-order valence-corrected chi connectivity index (χ1v) is 6.27. The first-order chi connectivity index (χ1) is 6.75. The molecular formula is C13H22O. The van der Waals surface area contributed by atoms with Crippen LogP contribution in [0.3, 0.4) is 0 Å². The summed E-state index contributed by atoms with van der Waals surface area (Å²) < 4.78 is 0. The maximum atomic E-state index is 11.1. The van der Waals surface area contributed by atoms with E-state index in [1.54, 1.807) is 0 Å². The number of carbonyl (C=O) groups is 1. The van der Waals surface area contributed by atoms with E-state index < -0.39 is 0 Å². The second-order valence-electron chi connectivity index (χ2n) is 5.40. The standard InChI is InChI=1S/C13H22O/c1-10-2-4-11(5-3-10)12-6-8-13(14)9-7-12/h10-12H,2-9H2,1H3. The smallest absolute Gasteiger partial charge is 0.132 e. The fourth-order valence-electron chi connectivity index (χ4n) is 3.19. The SMILES string of the molecule is CC1CCC(C2CCC(=O)CC2)CC1. The molecule has 0 spiro atoms. The van der Waals surface area contributed by atoms with Gasteiger partial charge in [0.2, 0.25) is 0 Å². The largest absolute Gasteiger partial charge is 0.300 e. The predicted molar refractivity (Wildman–Crippen MR) is 58.1 cm³/mol. The Labute approximate surface area is 87.3 Å². The Morgan fingerprint density at radius 2 is 1.36 bits per heavy atom. The molecule has 2 aliphatic rings. The van der Waals surface area contributed by atoms with Crippen molar-refractivity contribution in [1.29, 1.82) is 0 Å². The van der Waals surface area contributed by atoms with Crippen LogP contribution in [0.2, 0.25) is 0 Å². The molecule has 0 amide bonds. The number of Topliss-reactive ketones (excluding diaryl/α,β-unsaturated/α-hetero) is 1. The molecule has 0 atom stereocenters. The van der Waals surface area contributed by atoms with Gasteiger partial charge in [0.15, 0.2) is 0 Å². The number of hydrogen-bond donors (Lipinski definition) is 0. The zero-order valence-electron chi connectivity index (χ0n) is 9.30. The Kier molecular flexibility index (Phi) is 3.25. The fourth-order valence-corrected chi connectivity index (χ4v) is 3.19. The summed E-state index contributed by atoms with van der Waals surface area (Å²) in [4.78, 5) is 11.1. The monoisotopic (exact) mass is 194 g/mol. The van der Waals surface area contributed by atoms with Gasteiger partial charge in [-0.25, -0.2) is 0 Å². The van der Waals surface area contributed by atoms with Crippen LogP contribution in [0.1, 0.15) is 58.3 Å². The number of ketones is 1. The van der Waals surface area contributed by atoms with Crippen molar-refractivity contribution in [3.63, 3.8) is 0 Å². The van der Waals surface area contributed by atoms with Crippen molar-refractivity contribution in [3.05, 3.63) is 0 Å². The van der Waals surface area contributed by atoms with Gasteiger partial charge in [-0.1, -0.05) is 19.8 Å². The molecule has 0 aromatic carbocycles. The van der Waals surface area contributed by atoms with Crippen LogP contribution in [0.25, 0.3) is 0 Å². The quantitative estimate of drug-likeness (QED) is 0.623. The van der Waals surface area contributed by atoms with Crippen molar-refractivity contribution in [2.45, 2.75) is 58.3 Å². The Balaban J connectivity index is 1.81. The number of rotatable bonds is 1. The highest BCUT2D eigenvalue weighted by molar-refractivity contribution is 5.79. The summed E-state index contributed by atoms with van der Waals surface area (Å²) in [6.07, 6.45) is 9.84. The highest BCUT2D eigenvalue weighted by Gasteiger charge is 2.28. The summed E-state index contributed by atoms with van der Waals surface area (Å²) in [5.41, 5.74) is 0. The van der Waals surface area contributed by atoms with E-state index in [4.69, 9.17) is 0 Å². The lowest BCUT2D eigenvalue weighted by atomic mass is 9.71. The second-order valence-corrected chi connectivity index (χ2v) is 5.40. The summed E-state index contributed by atoms with van der Waals surface area (Å²) >= 11 is 0. The molecule has 2 saturated carbocycles. The Bertz CT molecular complexity index is 191. The van der Waals surface area contributed by atoms with Gasteiger partial charge in [0.25, 0.3) is 0 Å². The van der Waals surface area contributed by atoms with Crippen molar-refractivity contribution >= 4 is 5.78 Å². The van der Waals surface area contributed by atoms with Crippen LogP contribution in [-0.4, -0.2) is 5.78 Å². The molecule has 1 heteroatoms. The first-order valence-electron chi connectivity index (χ1n) is 6.27. The molecule has 2 rings (SSSR count). The zero-order chi connectivity index (χ0) is 9.97. The molecule has 0 aliphatic heterocycles. The van der Waals surface area contributed by atoms with E-state index in [-0.39, 0.29) is 0 Å². The van der Waals surface area contributed by atoms with E-state index in [9.17, 15) is 4.79 Å². The third-order valence-electron chi connectivity index (χ3n) is 4.32. The molecule has 0 aromatic heterocycles. The predicted octanol–water partition coefficient (Wildman–Crippen LogP) is 3.57. The Morgan fingerprint density at radius 1 is 0.857 bits per heavy atom. The third-order valence-corrected chi connectivity index (χ3v) is 4.32. The lowest BCUT2D eigenvalue weighted by Gasteiger charge is -2.34. The second kappa shape index (κ2) is 4.46. The highest BCUT2D eigenvalue weighted by atomic mass is 16.1. The molecule has 80 valence electrons. The normalized spacial score (nSPS) is 35.9. The summed E-state index contributed by atoms with van der Waals surface area (Å²) in [5, 5.41) is 0. The van der Waals surface area contributed by atoms with Crippen molar-refractivity contribution in [1.82, 2.24) is 0 Å². The van der Waals surface area contributed by atoms with Gasteiger partial charge in [0.05, 0.1) is 0 Å². The summed E-state index contributed by atoms with van der Waals surface area (Å²) in [5.74, 6) is 3.31. The summed E-state index contributed by atoms with van der Waals surface area (Å²) in [6, 6.07) is 0. The molecule has 14 heavy (non-hydrogen) atoms. The van der Waals surface area contributed by atoms with Crippen LogP contribution in [0.4, 0.5) is 0 Å². The van der Waals surface area contributed by atoms with Gasteiger partial charge < -0.3 is 0 Å². The topological polar surface area (TPSA) is 17.1 Å². The van der Waals surface area contributed by atoms with Crippen molar-refractivity contribution in [2.24, 2.45) is 17.8 Å². The van der Waals surface area contributed by atoms with Gasteiger partial charge >= 0.3 is 0 Å². The summed E-state index contributed by atoms with van der Waals surface area (Å²) in [7, 11) is 0. The van der Waals surface area contributed by atoms with E-state index >= 15 is 0 Å². The first kappa shape index (κ1) is 10.2. The minimum Gasteiger partial charge on any atom is -0.300 e. The molecule has 0 saturated heterocycles. The van der Waals surface area contributed by atoms with Crippen LogP contribution in [0, 0.1) is 17.8 Å². The minimum absolute atomic E-state index is 0.505.